The van der Waals surface area contributed by atoms with Crippen LogP contribution in [0, 0.1) is 12.3 Å². The number of terminal acetylenes is 1. The van der Waals surface area contributed by atoms with Crippen LogP contribution in [0.25, 0.3) is 110 Å². The quantitative estimate of drug-likeness (QED) is 0.0220. The van der Waals surface area contributed by atoms with Gasteiger partial charge < -0.3 is 95.3 Å². The van der Waals surface area contributed by atoms with Crippen LogP contribution in [0.15, 0.2) is 280 Å². The van der Waals surface area contributed by atoms with E-state index in [1.807, 2.05) is 125 Å². The Balaban J connectivity index is 0.000000132. The van der Waals surface area contributed by atoms with Crippen LogP contribution in [0.5, 0.6) is 80.5 Å². The van der Waals surface area contributed by atoms with Crippen molar-refractivity contribution >= 4 is 169 Å². The molecule has 1 aliphatic heterocycles. The Morgan fingerprint density at radius 2 is 0.744 bits per heavy atom. The number of benzene rings is 14. The molecule has 0 atom stereocenters. The van der Waals surface area contributed by atoms with Gasteiger partial charge in [-0.3, -0.25) is 0 Å². The van der Waals surface area contributed by atoms with E-state index in [1.54, 1.807) is 102 Å². The van der Waals surface area contributed by atoms with Gasteiger partial charge in [-0.05, 0) is 202 Å². The zero-order valence-corrected chi connectivity index (χ0v) is 73.8. The number of ether oxygens (including phenoxy) is 6. The molecule has 0 unspecified atom stereocenters. The van der Waals surface area contributed by atoms with Crippen LogP contribution in [0.1, 0.15) is 33.3 Å². The molecular weight excluding hydrogens is 1830 g/mol. The predicted molar refractivity (Wildman–Crippen MR) is 488 cm³/mol. The molecule has 125 heavy (non-hydrogen) atoms. The molecule has 642 valence electrons. The van der Waals surface area contributed by atoms with E-state index >= 15 is 0 Å². The second-order valence-electron chi connectivity index (χ2n) is 28.2. The summed E-state index contributed by atoms with van der Waals surface area (Å²) in [6.45, 7) is 8.17. The molecule has 0 radical (unpaired) electrons. The highest BCUT2D eigenvalue weighted by molar-refractivity contribution is 9.11. The molecule has 0 bridgehead atoms. The fraction of sp³-hybridized carbons (Fsp3) is 0.137. The first kappa shape index (κ1) is 90.9. The van der Waals surface area contributed by atoms with Gasteiger partial charge in [-0.15, -0.1) is 6.42 Å². The number of phenols is 7. The molecule has 4 aromatic heterocycles. The van der Waals surface area contributed by atoms with Gasteiger partial charge in [0.05, 0.1) is 79.1 Å². The number of methoxy groups -OCH3 is 6. The van der Waals surface area contributed by atoms with Gasteiger partial charge in [0.1, 0.15) is 78.6 Å². The second-order valence-corrected chi connectivity index (χ2v) is 32.1. The van der Waals surface area contributed by atoms with Gasteiger partial charge in [-0.2, -0.15) is 21.6 Å². The average Bonchev–Trinajstić information content (AvgIpc) is 1.58. The van der Waals surface area contributed by atoms with E-state index in [2.05, 4.69) is 82.2 Å². The summed E-state index contributed by atoms with van der Waals surface area (Å²) >= 11 is 9.92. The largest absolute Gasteiger partial charge is 0.534 e. The number of hydrogen-bond donors (Lipinski definition) is 7. The Kier molecular flexibility index (Phi) is 28.1. The van der Waals surface area contributed by atoms with Crippen molar-refractivity contribution in [2.45, 2.75) is 44.4 Å². The minimum Gasteiger partial charge on any atom is -0.508 e. The summed E-state index contributed by atoms with van der Waals surface area (Å²) in [5.41, 5.74) is 1.77. The molecule has 1 saturated heterocycles. The van der Waals surface area contributed by atoms with Crippen LogP contribution in [-0.2, 0) is 19.4 Å². The third kappa shape index (κ3) is 19.4. The fourth-order valence-corrected chi connectivity index (χ4v) is 15.3. The number of furan rings is 4. The number of halogens is 6. The van der Waals surface area contributed by atoms with E-state index in [9.17, 15) is 36.9 Å². The predicted octanol–water partition coefficient (Wildman–Crippen LogP) is 24.1. The molecule has 1 aliphatic rings. The van der Waals surface area contributed by atoms with E-state index < -0.39 is 21.4 Å². The number of fused-ring (bicyclic) bond motifs is 9. The zero-order valence-electron chi connectivity index (χ0n) is 68.3. The molecule has 0 saturated carbocycles. The van der Waals surface area contributed by atoms with E-state index in [4.69, 9.17) is 82.2 Å². The molecule has 14 aromatic carbocycles. The summed E-state index contributed by atoms with van der Waals surface area (Å²) in [5.74, 6) is 6.76. The molecule has 0 aliphatic carbocycles. The van der Waals surface area contributed by atoms with Crippen molar-refractivity contribution in [1.82, 2.24) is 0 Å². The van der Waals surface area contributed by atoms with Gasteiger partial charge in [0.15, 0.2) is 51.1 Å². The van der Waals surface area contributed by atoms with Crippen LogP contribution in [0.2, 0.25) is 0 Å². The fourth-order valence-electron chi connectivity index (χ4n) is 13.3. The van der Waals surface area contributed by atoms with Crippen molar-refractivity contribution in [3.63, 3.8) is 0 Å². The highest BCUT2D eigenvalue weighted by Crippen LogP contribution is 2.47. The topological polar surface area (TPSA) is 311 Å². The first-order chi connectivity index (χ1) is 59.7. The van der Waals surface area contributed by atoms with Gasteiger partial charge in [0.25, 0.3) is 0 Å². The summed E-state index contributed by atoms with van der Waals surface area (Å²) in [6, 6.07) is 71.7. The Morgan fingerprint density at radius 3 is 1.24 bits per heavy atom. The van der Waals surface area contributed by atoms with Gasteiger partial charge in [0.2, 0.25) is 0 Å². The number of aromatic hydroxyl groups is 7. The SMILES string of the molecule is C#Cc1cccc2oc3c(OC)cccc3c12.COc1ccc2ccc3cccc4oc1c2c34.COc1cccc(-c2c(O)cccc2O)c1Br.COc1cccc(B2OC(C)(C)C(C)(C)O2)c1Br.COc1cccc2c1oc1cccc(O)c12.COc1cccc2c1oc1cccc(OS(=O)(=O)C(F)(F)F)c12.Oc1cccc(O)c1.Oc1cccc(O)c1Br. The third-order valence-electron chi connectivity index (χ3n) is 20.0. The van der Waals surface area contributed by atoms with E-state index in [0.29, 0.717) is 53.9 Å². The Labute approximate surface area is 739 Å². The zero-order chi connectivity index (χ0) is 90.0. The summed E-state index contributed by atoms with van der Waals surface area (Å²) in [5, 5.41) is 73.4. The monoisotopic (exact) mass is 1910 g/mol. The molecule has 1 fully saturated rings. The summed E-state index contributed by atoms with van der Waals surface area (Å²) in [6.07, 6.45) is 5.51. The van der Waals surface area contributed by atoms with E-state index in [1.165, 1.54) is 77.9 Å². The van der Waals surface area contributed by atoms with Crippen LogP contribution in [0.3, 0.4) is 0 Å². The first-order valence-corrected chi connectivity index (χ1v) is 41.5. The minimum atomic E-state index is -5.78. The second kappa shape index (κ2) is 38.6. The van der Waals surface area contributed by atoms with Gasteiger partial charge in [-0.25, -0.2) is 0 Å². The molecular formula is C95H79BBr3F3O22S. The van der Waals surface area contributed by atoms with Crippen molar-refractivity contribution in [3.05, 3.63) is 268 Å². The van der Waals surface area contributed by atoms with Gasteiger partial charge in [-0.1, -0.05) is 133 Å². The first-order valence-electron chi connectivity index (χ1n) is 37.7. The highest BCUT2D eigenvalue weighted by atomic mass is 79.9. The van der Waals surface area contributed by atoms with Crippen molar-refractivity contribution in [2.75, 3.05) is 42.7 Å². The smallest absolute Gasteiger partial charge is 0.508 e. The lowest BCUT2D eigenvalue weighted by Gasteiger charge is -2.32. The molecule has 5 heterocycles. The summed E-state index contributed by atoms with van der Waals surface area (Å²) in [7, 11) is 3.37. The number of rotatable bonds is 10. The van der Waals surface area contributed by atoms with Crippen molar-refractivity contribution in [1.29, 1.82) is 0 Å². The molecule has 22 nitrogen and oxygen atoms in total. The lowest BCUT2D eigenvalue weighted by atomic mass is 9.79. The number of para-hydroxylation sites is 3. The summed E-state index contributed by atoms with van der Waals surface area (Å²) < 4.78 is 133. The van der Waals surface area contributed by atoms with E-state index in [-0.39, 0.29) is 75.1 Å². The number of hydrogen-bond acceptors (Lipinski definition) is 22. The maximum absolute atomic E-state index is 12.5. The Morgan fingerprint density at radius 1 is 0.376 bits per heavy atom. The maximum Gasteiger partial charge on any atom is 0.534 e. The lowest BCUT2D eigenvalue weighted by molar-refractivity contribution is -0.0499. The molecule has 30 heteroatoms. The lowest BCUT2D eigenvalue weighted by Crippen LogP contribution is -2.41. The average molecular weight is 1910 g/mol. The number of alkyl halides is 3. The maximum atomic E-state index is 12.5. The van der Waals surface area contributed by atoms with Crippen LogP contribution in [0.4, 0.5) is 13.2 Å². The van der Waals surface area contributed by atoms with E-state index in [0.717, 1.165) is 88.1 Å². The molecule has 19 rings (SSSR count). The molecule has 7 N–H and O–H groups in total. The Hall–Kier alpha value is -13.3. The minimum absolute atomic E-state index is 0.0268. The molecule has 18 aromatic rings. The third-order valence-corrected chi connectivity index (χ3v) is 23.5. The van der Waals surface area contributed by atoms with Crippen LogP contribution >= 0.6 is 47.8 Å². The van der Waals surface area contributed by atoms with Gasteiger partial charge in [0, 0.05) is 55.0 Å². The highest BCUT2D eigenvalue weighted by Gasteiger charge is 2.52. The van der Waals surface area contributed by atoms with Crippen molar-refractivity contribution < 1.29 is 117 Å². The normalized spacial score (nSPS) is 12.5. The van der Waals surface area contributed by atoms with Gasteiger partial charge >= 0.3 is 22.7 Å². The van der Waals surface area contributed by atoms with Crippen LogP contribution < -0.4 is 38.1 Å². The van der Waals surface area contributed by atoms with Crippen molar-refractivity contribution in [3.8, 4) is 104 Å². The standard InChI is InChI=1S/2C15H10O2.C14H9F3O5S.C13H18BBrO3.C13H11BrO3.C13H10O3.C6H5BrO2.C6H6O2/c1-16-12-8-7-10-6-5-9-3-2-4-11-13(9)14(10)15(12)17-11;1-3-10-6-4-8-12-14(10)11-7-5-9-13(16-2)15(11)17-12;1-20-11-7-2-4-8-12-9(21-13(8)11)5-3-6-10(12)22-23(18,19)14(15,16)17;1-12(2)13(3,4)18-14(17-12)9-7-6-8-10(16-5)11(9)15;1-17-11-7-2-4-8(13(11)14)12-9(15)5-3-6-10(12)16;1-15-11-7-2-4-8-12-9(14)5-3-6-10(12)16-13(8)11;7-6-4(8)2-1-3-5(6)9;7-5-2-1-3-6(8)4-5/h2-8H,1H3;1,4-9H,2H3;2-7H,1H3;6-8H,1-5H3;2-7,15-16H,1H3;2-7,14H,1H3;1-3,8-9H;1-4,7-8H. The molecule has 0 amide bonds. The Bertz CT molecular complexity index is 7010. The van der Waals surface area contributed by atoms with Crippen molar-refractivity contribution in [2.24, 2.45) is 0 Å². The number of phenolic OH excluding ortho intramolecular Hbond substituents is 7. The molecule has 0 spiro atoms. The summed E-state index contributed by atoms with van der Waals surface area (Å²) in [4.78, 5) is 0. The van der Waals surface area contributed by atoms with Crippen LogP contribution in [-0.4, -0.2) is 111 Å².